The van der Waals surface area contributed by atoms with Crippen molar-refractivity contribution in [2.24, 2.45) is 0 Å². The molecular formula is C37H22N2. The Kier molecular flexibility index (Phi) is 4.54. The van der Waals surface area contributed by atoms with E-state index in [0.29, 0.717) is 5.69 Å². The van der Waals surface area contributed by atoms with Crippen molar-refractivity contribution in [2.75, 3.05) is 0 Å². The van der Waals surface area contributed by atoms with Gasteiger partial charge in [-0.25, -0.2) is 4.98 Å². The minimum Gasteiger partial charge on any atom is -0.246 e. The molecule has 0 saturated heterocycles. The van der Waals surface area contributed by atoms with Crippen LogP contribution >= 0.6 is 0 Å². The quantitative estimate of drug-likeness (QED) is 0.241. The molecule has 0 unspecified atom stereocenters. The summed E-state index contributed by atoms with van der Waals surface area (Å²) in [5, 5.41) is 9.45. The predicted molar refractivity (Wildman–Crippen MR) is 156 cm³/mol. The van der Waals surface area contributed by atoms with Gasteiger partial charge in [0.2, 0.25) is 0 Å². The molecule has 180 valence electrons. The van der Waals surface area contributed by atoms with Crippen LogP contribution < -0.4 is 0 Å². The van der Waals surface area contributed by atoms with Crippen LogP contribution in [0, 0.1) is 11.3 Å². The van der Waals surface area contributed by atoms with E-state index in [1.54, 1.807) is 6.20 Å². The fourth-order valence-corrected chi connectivity index (χ4v) is 6.81. The van der Waals surface area contributed by atoms with E-state index >= 15 is 0 Å². The fourth-order valence-electron chi connectivity index (χ4n) is 6.81. The number of nitriles is 1. The third-order valence-corrected chi connectivity index (χ3v) is 8.40. The molecule has 0 N–H and O–H groups in total. The molecule has 0 radical (unpaired) electrons. The summed E-state index contributed by atoms with van der Waals surface area (Å²) in [7, 11) is 0. The number of nitrogens with zero attached hydrogens (tertiary/aromatic N) is 2. The van der Waals surface area contributed by atoms with Gasteiger partial charge in [0.25, 0.3) is 0 Å². The Morgan fingerprint density at radius 3 is 1.59 bits per heavy atom. The molecule has 2 heteroatoms. The first-order valence-electron chi connectivity index (χ1n) is 13.2. The number of fused-ring (bicyclic) bond motifs is 10. The summed E-state index contributed by atoms with van der Waals surface area (Å²) in [6.45, 7) is 0. The lowest BCUT2D eigenvalue weighted by molar-refractivity contribution is 0.794. The van der Waals surface area contributed by atoms with Crippen molar-refractivity contribution in [3.05, 3.63) is 162 Å². The van der Waals surface area contributed by atoms with Crippen LogP contribution in [-0.4, -0.2) is 4.98 Å². The molecule has 6 aromatic rings. The highest BCUT2D eigenvalue weighted by Crippen LogP contribution is 2.63. The van der Waals surface area contributed by atoms with E-state index in [0.717, 1.165) is 11.1 Å². The van der Waals surface area contributed by atoms with Crippen LogP contribution in [0.25, 0.3) is 44.5 Å². The molecule has 2 aliphatic carbocycles. The second kappa shape index (κ2) is 8.12. The van der Waals surface area contributed by atoms with Crippen molar-refractivity contribution >= 4 is 0 Å². The lowest BCUT2D eigenvalue weighted by atomic mass is 9.70. The Hall–Kier alpha value is -5.26. The van der Waals surface area contributed by atoms with E-state index in [4.69, 9.17) is 0 Å². The Bertz CT molecular complexity index is 1930. The van der Waals surface area contributed by atoms with Crippen molar-refractivity contribution in [3.8, 4) is 50.6 Å². The average Bonchev–Trinajstić information content (AvgIpc) is 3.48. The topological polar surface area (TPSA) is 36.7 Å². The zero-order chi connectivity index (χ0) is 26.0. The van der Waals surface area contributed by atoms with Gasteiger partial charge in [-0.15, -0.1) is 0 Å². The van der Waals surface area contributed by atoms with Gasteiger partial charge in [-0.1, -0.05) is 103 Å². The average molecular weight is 495 g/mol. The molecule has 39 heavy (non-hydrogen) atoms. The molecule has 2 nitrogen and oxygen atoms in total. The maximum atomic E-state index is 9.45. The molecule has 8 rings (SSSR count). The van der Waals surface area contributed by atoms with E-state index in [1.165, 1.54) is 55.6 Å². The molecule has 0 amide bonds. The van der Waals surface area contributed by atoms with Crippen molar-refractivity contribution in [1.82, 2.24) is 4.98 Å². The van der Waals surface area contributed by atoms with Gasteiger partial charge >= 0.3 is 0 Å². The molecule has 2 aliphatic rings. The van der Waals surface area contributed by atoms with Gasteiger partial charge in [0, 0.05) is 6.20 Å². The Balaban J connectivity index is 1.46. The largest absolute Gasteiger partial charge is 0.246 e. The molecule has 0 bridgehead atoms. The zero-order valence-electron chi connectivity index (χ0n) is 21.1. The van der Waals surface area contributed by atoms with Gasteiger partial charge in [-0.05, 0) is 91.0 Å². The lowest BCUT2D eigenvalue weighted by Gasteiger charge is -2.30. The lowest BCUT2D eigenvalue weighted by Crippen LogP contribution is -2.25. The molecule has 5 aromatic carbocycles. The van der Waals surface area contributed by atoms with E-state index < -0.39 is 0 Å². The highest BCUT2D eigenvalue weighted by molar-refractivity contribution is 5.97. The second-order valence-corrected chi connectivity index (χ2v) is 10.3. The summed E-state index contributed by atoms with van der Waals surface area (Å²) >= 11 is 0. The van der Waals surface area contributed by atoms with Crippen molar-refractivity contribution in [2.45, 2.75) is 5.41 Å². The van der Waals surface area contributed by atoms with E-state index in [-0.39, 0.29) is 5.41 Å². The van der Waals surface area contributed by atoms with Crippen molar-refractivity contribution < 1.29 is 0 Å². The number of benzene rings is 5. The number of hydrogen-bond acceptors (Lipinski definition) is 2. The first-order chi connectivity index (χ1) is 19.3. The standard InChI is InChI=1S/C37H22N2/c38-23-28-20-27(18-19-39-28)26-15-17-36-32(22-26)31-21-25(24-8-2-1-3-9-24)14-16-35(31)37(36)33-12-6-4-10-29(33)30-11-5-7-13-34(30)37/h1-22H. The number of hydrogen-bond donors (Lipinski definition) is 0. The normalized spacial score (nSPS) is 13.3. The third-order valence-electron chi connectivity index (χ3n) is 8.40. The molecule has 0 atom stereocenters. The van der Waals surface area contributed by atoms with Gasteiger partial charge in [-0.2, -0.15) is 5.26 Å². The monoisotopic (exact) mass is 494 g/mol. The second-order valence-electron chi connectivity index (χ2n) is 10.3. The molecule has 0 fully saturated rings. The summed E-state index contributed by atoms with van der Waals surface area (Å²) in [6.07, 6.45) is 1.72. The number of rotatable bonds is 2. The summed E-state index contributed by atoms with van der Waals surface area (Å²) in [5.41, 5.74) is 14.9. The van der Waals surface area contributed by atoms with E-state index in [2.05, 4.69) is 126 Å². The molecule has 1 heterocycles. The minimum absolute atomic E-state index is 0.373. The summed E-state index contributed by atoms with van der Waals surface area (Å²) in [5.74, 6) is 0. The Labute approximate surface area is 227 Å². The van der Waals surface area contributed by atoms with Crippen LogP contribution in [-0.2, 0) is 5.41 Å². The van der Waals surface area contributed by atoms with E-state index in [9.17, 15) is 5.26 Å². The van der Waals surface area contributed by atoms with Crippen LogP contribution in [0.4, 0.5) is 0 Å². The van der Waals surface area contributed by atoms with Crippen molar-refractivity contribution in [3.63, 3.8) is 0 Å². The predicted octanol–water partition coefficient (Wildman–Crippen LogP) is 8.63. The van der Waals surface area contributed by atoms with Crippen LogP contribution in [0.15, 0.2) is 134 Å². The first-order valence-corrected chi connectivity index (χ1v) is 13.2. The summed E-state index contributed by atoms with van der Waals surface area (Å²) < 4.78 is 0. The zero-order valence-corrected chi connectivity index (χ0v) is 21.1. The minimum atomic E-state index is -0.373. The first kappa shape index (κ1) is 21.8. The molecular weight excluding hydrogens is 472 g/mol. The maximum absolute atomic E-state index is 9.45. The van der Waals surface area contributed by atoms with Crippen LogP contribution in [0.2, 0.25) is 0 Å². The van der Waals surface area contributed by atoms with Crippen LogP contribution in [0.1, 0.15) is 27.9 Å². The van der Waals surface area contributed by atoms with Gasteiger partial charge < -0.3 is 0 Å². The van der Waals surface area contributed by atoms with E-state index in [1.807, 2.05) is 12.1 Å². The summed E-state index contributed by atoms with van der Waals surface area (Å²) in [4.78, 5) is 4.18. The smallest absolute Gasteiger partial charge is 0.141 e. The van der Waals surface area contributed by atoms with Gasteiger partial charge in [0.1, 0.15) is 11.8 Å². The van der Waals surface area contributed by atoms with Crippen LogP contribution in [0.3, 0.4) is 0 Å². The number of pyridine rings is 1. The number of aromatic nitrogens is 1. The van der Waals surface area contributed by atoms with Gasteiger partial charge in [0.15, 0.2) is 0 Å². The molecule has 0 saturated carbocycles. The Morgan fingerprint density at radius 1 is 0.462 bits per heavy atom. The van der Waals surface area contributed by atoms with Crippen LogP contribution in [0.5, 0.6) is 0 Å². The Morgan fingerprint density at radius 2 is 0.974 bits per heavy atom. The highest BCUT2D eigenvalue weighted by Gasteiger charge is 2.51. The van der Waals surface area contributed by atoms with Crippen molar-refractivity contribution in [1.29, 1.82) is 5.26 Å². The maximum Gasteiger partial charge on any atom is 0.141 e. The molecule has 0 aliphatic heterocycles. The van der Waals surface area contributed by atoms with Gasteiger partial charge in [-0.3, -0.25) is 0 Å². The molecule has 1 aromatic heterocycles. The summed E-state index contributed by atoms with van der Waals surface area (Å²) in [6, 6.07) is 48.1. The molecule has 1 spiro atoms. The SMILES string of the molecule is N#Cc1cc(-c2ccc3c(c2)-c2cc(-c4ccccc4)ccc2C32c3ccccc3-c3ccccc32)ccn1. The highest BCUT2D eigenvalue weighted by atomic mass is 14.7. The van der Waals surface area contributed by atoms with Gasteiger partial charge in [0.05, 0.1) is 5.41 Å². The fraction of sp³-hybridized carbons (Fsp3) is 0.0270. The third kappa shape index (κ3) is 2.93.